The van der Waals surface area contributed by atoms with Crippen molar-refractivity contribution in [3.05, 3.63) is 41.9 Å². The molecule has 2 amide bonds. The minimum atomic E-state index is -1.00. The Morgan fingerprint density at radius 3 is 2.79 bits per heavy atom. The first kappa shape index (κ1) is 21.6. The molecule has 4 aliphatic rings. The van der Waals surface area contributed by atoms with Crippen molar-refractivity contribution < 1.29 is 19.4 Å². The summed E-state index contributed by atoms with van der Waals surface area (Å²) in [6.45, 7) is 5.95. The number of carbonyl (C=O) groups excluding carboxylic acids is 2. The van der Waals surface area contributed by atoms with E-state index in [2.05, 4.69) is 9.98 Å². The second kappa shape index (κ2) is 8.30. The number of allylic oxidation sites excluding steroid dienone is 1. The van der Waals surface area contributed by atoms with Gasteiger partial charge in [0.15, 0.2) is 11.6 Å². The smallest absolute Gasteiger partial charge is 0.273 e. The molecule has 0 bridgehead atoms. The second-order valence-electron chi connectivity index (χ2n) is 9.50. The van der Waals surface area contributed by atoms with Crippen molar-refractivity contribution in [3.63, 3.8) is 0 Å². The summed E-state index contributed by atoms with van der Waals surface area (Å²) in [5, 5.41) is 10.1. The lowest BCUT2D eigenvalue weighted by molar-refractivity contribution is -0.121. The zero-order valence-electron chi connectivity index (χ0n) is 19.0. The Kier molecular flexibility index (Phi) is 5.44. The second-order valence-corrected chi connectivity index (χ2v) is 9.50. The van der Waals surface area contributed by atoms with Crippen LogP contribution < -0.4 is 9.64 Å². The van der Waals surface area contributed by atoms with Crippen molar-refractivity contribution in [2.45, 2.75) is 51.3 Å². The highest BCUT2D eigenvalue weighted by Gasteiger charge is 2.37. The fourth-order valence-corrected chi connectivity index (χ4v) is 4.64. The Morgan fingerprint density at radius 2 is 2.03 bits per heavy atom. The average molecular weight is 452 g/mol. The Labute approximate surface area is 193 Å². The van der Waals surface area contributed by atoms with E-state index in [1.807, 2.05) is 22.0 Å². The van der Waals surface area contributed by atoms with Crippen LogP contribution in [0, 0.1) is 0 Å². The van der Waals surface area contributed by atoms with E-state index in [1.54, 1.807) is 37.2 Å². The Hall–Kier alpha value is -3.20. The third kappa shape index (κ3) is 4.25. The first-order chi connectivity index (χ1) is 15.8. The van der Waals surface area contributed by atoms with E-state index in [0.29, 0.717) is 36.0 Å². The summed E-state index contributed by atoms with van der Waals surface area (Å²) in [6.07, 6.45) is 10.1. The van der Waals surface area contributed by atoms with Crippen molar-refractivity contribution in [3.8, 4) is 5.75 Å². The van der Waals surface area contributed by atoms with Gasteiger partial charge in [-0.1, -0.05) is 0 Å². The molecule has 1 fully saturated rings. The number of aliphatic hydroxyl groups is 1. The summed E-state index contributed by atoms with van der Waals surface area (Å²) in [7, 11) is 0. The average Bonchev–Trinajstić information content (AvgIpc) is 3.11. The lowest BCUT2D eigenvalue weighted by atomic mass is 10.0. The van der Waals surface area contributed by atoms with Crippen LogP contribution in [0.25, 0.3) is 0 Å². The van der Waals surface area contributed by atoms with E-state index >= 15 is 0 Å². The monoisotopic (exact) mass is 451 g/mol. The van der Waals surface area contributed by atoms with Gasteiger partial charge in [-0.05, 0) is 51.3 Å². The molecule has 1 N–H and O–H groups in total. The molecule has 1 saturated heterocycles. The van der Waals surface area contributed by atoms with Gasteiger partial charge < -0.3 is 19.6 Å². The van der Waals surface area contributed by atoms with Crippen LogP contribution in [0.2, 0.25) is 0 Å². The topological polar surface area (TPSA) is 98.6 Å². The number of rotatable bonds is 4. The van der Waals surface area contributed by atoms with E-state index in [9.17, 15) is 14.7 Å². The van der Waals surface area contributed by atoms with Crippen molar-refractivity contribution in [1.29, 1.82) is 0 Å². The number of hydrogen-bond acceptors (Lipinski definition) is 7. The number of anilines is 1. The fraction of sp³-hybridized carbons (Fsp3) is 0.500. The summed E-state index contributed by atoms with van der Waals surface area (Å²) >= 11 is 0. The van der Waals surface area contributed by atoms with E-state index in [0.717, 1.165) is 31.6 Å². The van der Waals surface area contributed by atoms with Crippen molar-refractivity contribution in [2.75, 3.05) is 31.1 Å². The van der Waals surface area contributed by atoms with E-state index in [1.165, 1.54) is 6.42 Å². The van der Waals surface area contributed by atoms with Crippen LogP contribution in [0.15, 0.2) is 41.3 Å². The molecule has 1 unspecified atom stereocenters. The molecule has 0 aromatic carbocycles. The molecule has 0 aliphatic carbocycles. The maximum Gasteiger partial charge on any atom is 0.273 e. The van der Waals surface area contributed by atoms with E-state index < -0.39 is 11.8 Å². The number of nitrogens with zero attached hydrogens (tertiary/aromatic N) is 5. The summed E-state index contributed by atoms with van der Waals surface area (Å²) in [6, 6.07) is 1.78. The number of aliphatic imine (C=N–C) groups is 1. The maximum absolute atomic E-state index is 12.9. The van der Waals surface area contributed by atoms with Crippen molar-refractivity contribution in [2.24, 2.45) is 4.99 Å². The highest BCUT2D eigenvalue weighted by atomic mass is 16.5. The predicted octanol–water partition coefficient (Wildman–Crippen LogP) is 2.09. The van der Waals surface area contributed by atoms with Gasteiger partial charge in [0.25, 0.3) is 11.8 Å². The number of fused-ring (bicyclic) bond motifs is 2. The molecule has 0 spiro atoms. The quantitative estimate of drug-likeness (QED) is 0.753. The number of pyridine rings is 1. The van der Waals surface area contributed by atoms with Gasteiger partial charge in [-0.25, -0.2) is 4.98 Å². The van der Waals surface area contributed by atoms with Crippen molar-refractivity contribution in [1.82, 2.24) is 14.8 Å². The molecule has 5 heterocycles. The van der Waals surface area contributed by atoms with Gasteiger partial charge in [-0.2, -0.15) is 0 Å². The van der Waals surface area contributed by atoms with Crippen LogP contribution in [-0.2, 0) is 4.79 Å². The molecule has 4 aliphatic heterocycles. The standard InChI is InChI=1S/C24H29N5O4/c1-24(2,32)14-18-23(31)29-9-6-17(13-20(29)26-18)28-10-11-33-19-12-16(15-25-21(19)28)22(30)27-7-4-3-5-8-27/h6,9,12-13,15,20,32H,3-5,7-8,10-11,14H2,1-2H3. The summed E-state index contributed by atoms with van der Waals surface area (Å²) in [4.78, 5) is 40.1. The molecule has 9 heteroatoms. The Balaban J connectivity index is 1.38. The number of aromatic nitrogens is 1. The molecular weight excluding hydrogens is 422 g/mol. The maximum atomic E-state index is 12.9. The Bertz CT molecular complexity index is 1070. The largest absolute Gasteiger partial charge is 0.488 e. The summed E-state index contributed by atoms with van der Waals surface area (Å²) in [5.41, 5.74) is 0.773. The predicted molar refractivity (Wildman–Crippen MR) is 123 cm³/mol. The summed E-state index contributed by atoms with van der Waals surface area (Å²) < 4.78 is 5.85. The van der Waals surface area contributed by atoms with Gasteiger partial charge >= 0.3 is 0 Å². The molecular formula is C24H29N5O4. The Morgan fingerprint density at radius 1 is 1.24 bits per heavy atom. The number of hydrogen-bond donors (Lipinski definition) is 1. The number of ether oxygens (including phenoxy) is 1. The van der Waals surface area contributed by atoms with Crippen LogP contribution >= 0.6 is 0 Å². The molecule has 33 heavy (non-hydrogen) atoms. The zero-order chi connectivity index (χ0) is 23.2. The van der Waals surface area contributed by atoms with E-state index in [4.69, 9.17) is 4.74 Å². The van der Waals surface area contributed by atoms with E-state index in [-0.39, 0.29) is 18.2 Å². The molecule has 1 atom stereocenters. The first-order valence-corrected chi connectivity index (χ1v) is 11.5. The van der Waals surface area contributed by atoms with Gasteiger partial charge in [0, 0.05) is 37.6 Å². The highest BCUT2D eigenvalue weighted by molar-refractivity contribution is 6.40. The minimum absolute atomic E-state index is 0.00344. The van der Waals surface area contributed by atoms with Gasteiger partial charge in [0.2, 0.25) is 0 Å². The third-order valence-electron chi connectivity index (χ3n) is 6.24. The number of carbonyl (C=O) groups is 2. The number of likely N-dealkylation sites (tertiary alicyclic amines) is 1. The van der Waals surface area contributed by atoms with Crippen LogP contribution in [0.3, 0.4) is 0 Å². The summed E-state index contributed by atoms with van der Waals surface area (Å²) in [5.74, 6) is 1.03. The van der Waals surface area contributed by atoms with Gasteiger partial charge in [-0.3, -0.25) is 19.5 Å². The molecule has 1 aromatic heterocycles. The first-order valence-electron chi connectivity index (χ1n) is 11.5. The molecule has 0 saturated carbocycles. The fourth-order valence-electron chi connectivity index (χ4n) is 4.64. The van der Waals surface area contributed by atoms with Crippen LogP contribution in [0.4, 0.5) is 5.82 Å². The van der Waals surface area contributed by atoms with Crippen LogP contribution in [0.5, 0.6) is 5.75 Å². The normalized spacial score (nSPS) is 22.5. The molecule has 174 valence electrons. The van der Waals surface area contributed by atoms with Crippen LogP contribution in [0.1, 0.15) is 49.9 Å². The highest BCUT2D eigenvalue weighted by Crippen LogP contribution is 2.35. The van der Waals surface area contributed by atoms with Gasteiger partial charge in [-0.15, -0.1) is 0 Å². The molecule has 1 aromatic rings. The SMILES string of the molecule is CC(C)(O)CC1=NC2C=C(N3CCOc4cc(C(=O)N5CCCCC5)cnc43)C=CN2C1=O. The van der Waals surface area contributed by atoms with Gasteiger partial charge in [0.05, 0.1) is 17.7 Å². The number of piperidine rings is 1. The molecule has 0 radical (unpaired) electrons. The zero-order valence-corrected chi connectivity index (χ0v) is 19.0. The lowest BCUT2D eigenvalue weighted by Crippen LogP contribution is -2.38. The minimum Gasteiger partial charge on any atom is -0.488 e. The lowest BCUT2D eigenvalue weighted by Gasteiger charge is -2.33. The molecule has 9 nitrogen and oxygen atoms in total. The third-order valence-corrected chi connectivity index (χ3v) is 6.24. The van der Waals surface area contributed by atoms with Gasteiger partial charge in [0.1, 0.15) is 18.5 Å². The van der Waals surface area contributed by atoms with Crippen LogP contribution in [-0.4, -0.2) is 75.4 Å². The molecule has 5 rings (SSSR count). The number of amides is 2. The van der Waals surface area contributed by atoms with Crippen molar-refractivity contribution >= 4 is 23.3 Å².